The lowest BCUT2D eigenvalue weighted by atomic mass is 10.0. The summed E-state index contributed by atoms with van der Waals surface area (Å²) < 4.78 is 14.3. The van der Waals surface area contributed by atoms with Gasteiger partial charge >= 0.3 is 0 Å². The molecule has 0 aliphatic rings. The van der Waals surface area contributed by atoms with Crippen LogP contribution in [0.25, 0.3) is 5.69 Å². The molecule has 0 fully saturated rings. The van der Waals surface area contributed by atoms with Crippen LogP contribution >= 0.6 is 0 Å². The Labute approximate surface area is 153 Å². The van der Waals surface area contributed by atoms with Crippen LogP contribution in [-0.4, -0.2) is 16.3 Å². The van der Waals surface area contributed by atoms with Crippen molar-refractivity contribution in [2.24, 2.45) is 5.73 Å². The van der Waals surface area contributed by atoms with Crippen LogP contribution < -0.4 is 17.0 Å². The molecule has 3 rings (SSSR count). The molecule has 6 nitrogen and oxygen atoms in total. The van der Waals surface area contributed by atoms with Gasteiger partial charge in [0.25, 0.3) is 5.56 Å². The highest BCUT2D eigenvalue weighted by molar-refractivity contribution is 6.11. The summed E-state index contributed by atoms with van der Waals surface area (Å²) in [5.74, 6) is -1.38. The molecule has 0 aliphatic carbocycles. The second-order valence-electron chi connectivity index (χ2n) is 5.95. The van der Waals surface area contributed by atoms with E-state index >= 15 is 0 Å². The quantitative estimate of drug-likeness (QED) is 0.672. The van der Waals surface area contributed by atoms with Crippen molar-refractivity contribution in [3.63, 3.8) is 0 Å². The third kappa shape index (κ3) is 3.77. The first-order valence-corrected chi connectivity index (χ1v) is 8.06. The number of anilines is 1. The van der Waals surface area contributed by atoms with E-state index in [1.807, 2.05) is 0 Å². The van der Waals surface area contributed by atoms with Crippen molar-refractivity contribution in [3.05, 3.63) is 93.5 Å². The predicted octanol–water partition coefficient (Wildman–Crippen LogP) is 1.82. The molecule has 0 bridgehead atoms. The van der Waals surface area contributed by atoms with E-state index in [-0.39, 0.29) is 23.4 Å². The Hall–Kier alpha value is -3.74. The SMILES string of the molecule is NC(=O)Cc1ccc(-n2c(N)c(C(=O)c3ccc(F)cc3)ccc2=O)cc1. The monoisotopic (exact) mass is 365 g/mol. The Morgan fingerprint density at radius 1 is 0.926 bits per heavy atom. The van der Waals surface area contributed by atoms with Gasteiger partial charge in [0.05, 0.1) is 17.7 Å². The molecule has 4 N–H and O–H groups in total. The molecular weight excluding hydrogens is 349 g/mol. The molecule has 7 heteroatoms. The minimum absolute atomic E-state index is 0.0283. The zero-order valence-electron chi connectivity index (χ0n) is 14.2. The van der Waals surface area contributed by atoms with Crippen molar-refractivity contribution in [2.45, 2.75) is 6.42 Å². The van der Waals surface area contributed by atoms with Crippen molar-refractivity contribution < 1.29 is 14.0 Å². The van der Waals surface area contributed by atoms with Gasteiger partial charge in [-0.25, -0.2) is 4.39 Å². The maximum Gasteiger partial charge on any atom is 0.256 e. The normalized spacial score (nSPS) is 10.6. The Morgan fingerprint density at radius 2 is 1.56 bits per heavy atom. The Morgan fingerprint density at radius 3 is 2.15 bits per heavy atom. The topological polar surface area (TPSA) is 108 Å². The fourth-order valence-corrected chi connectivity index (χ4v) is 2.73. The molecule has 0 aliphatic heterocycles. The largest absolute Gasteiger partial charge is 0.384 e. The molecule has 0 saturated carbocycles. The lowest BCUT2D eigenvalue weighted by molar-refractivity contribution is -0.117. The number of carbonyl (C=O) groups is 2. The van der Waals surface area contributed by atoms with Crippen LogP contribution in [0, 0.1) is 5.82 Å². The molecule has 3 aromatic rings. The third-order valence-corrected chi connectivity index (χ3v) is 4.05. The van der Waals surface area contributed by atoms with Crippen molar-refractivity contribution >= 4 is 17.5 Å². The number of hydrogen-bond acceptors (Lipinski definition) is 4. The van der Waals surface area contributed by atoms with Gasteiger partial charge in [-0.2, -0.15) is 0 Å². The maximum atomic E-state index is 13.1. The second kappa shape index (κ2) is 7.25. The van der Waals surface area contributed by atoms with Crippen molar-refractivity contribution in [1.82, 2.24) is 4.57 Å². The van der Waals surface area contributed by atoms with Crippen LogP contribution in [0.1, 0.15) is 21.5 Å². The number of carbonyl (C=O) groups excluding carboxylic acids is 2. The highest BCUT2D eigenvalue weighted by Gasteiger charge is 2.17. The van der Waals surface area contributed by atoms with Gasteiger partial charge in [-0.3, -0.25) is 19.0 Å². The number of halogens is 1. The van der Waals surface area contributed by atoms with Crippen molar-refractivity contribution in [3.8, 4) is 5.69 Å². The standard InChI is InChI=1S/C20H16FN3O3/c21-14-5-3-13(4-6-14)19(27)16-9-10-18(26)24(20(16)23)15-7-1-12(2-8-15)11-17(22)25/h1-10H,11,23H2,(H2,22,25). The fourth-order valence-electron chi connectivity index (χ4n) is 2.73. The Bertz CT molecular complexity index is 1070. The summed E-state index contributed by atoms with van der Waals surface area (Å²) in [6, 6.07) is 14.2. The van der Waals surface area contributed by atoms with Gasteiger partial charge < -0.3 is 11.5 Å². The molecule has 0 saturated heterocycles. The number of pyridine rings is 1. The zero-order valence-corrected chi connectivity index (χ0v) is 14.2. The average molecular weight is 365 g/mol. The number of nitrogens with two attached hydrogens (primary N) is 2. The Balaban J connectivity index is 2.03. The minimum atomic E-state index is -0.466. The number of amides is 1. The van der Waals surface area contributed by atoms with E-state index < -0.39 is 23.1 Å². The van der Waals surface area contributed by atoms with Gasteiger partial charge in [-0.05, 0) is 48.0 Å². The maximum absolute atomic E-state index is 13.1. The summed E-state index contributed by atoms with van der Waals surface area (Å²) in [5.41, 5.74) is 12.4. The summed E-state index contributed by atoms with van der Waals surface area (Å²) in [6.07, 6.45) is 0.0771. The molecule has 27 heavy (non-hydrogen) atoms. The summed E-state index contributed by atoms with van der Waals surface area (Å²) in [4.78, 5) is 36.0. The summed E-state index contributed by atoms with van der Waals surface area (Å²) in [7, 11) is 0. The molecule has 136 valence electrons. The van der Waals surface area contributed by atoms with Crippen LogP contribution in [0.5, 0.6) is 0 Å². The summed E-state index contributed by atoms with van der Waals surface area (Å²) in [6.45, 7) is 0. The smallest absolute Gasteiger partial charge is 0.256 e. The third-order valence-electron chi connectivity index (χ3n) is 4.05. The number of nitrogens with zero attached hydrogens (tertiary/aromatic N) is 1. The van der Waals surface area contributed by atoms with Gasteiger partial charge in [-0.1, -0.05) is 12.1 Å². The number of primary amides is 1. The highest BCUT2D eigenvalue weighted by atomic mass is 19.1. The summed E-state index contributed by atoms with van der Waals surface area (Å²) >= 11 is 0. The van der Waals surface area contributed by atoms with E-state index in [1.165, 1.54) is 41.0 Å². The lowest BCUT2D eigenvalue weighted by Gasteiger charge is -2.13. The fraction of sp³-hybridized carbons (Fsp3) is 0.0500. The molecule has 2 aromatic carbocycles. The van der Waals surface area contributed by atoms with E-state index in [1.54, 1.807) is 24.3 Å². The molecule has 0 radical (unpaired) electrons. The molecular formula is C20H16FN3O3. The zero-order chi connectivity index (χ0) is 19.6. The number of ketones is 1. The highest BCUT2D eigenvalue weighted by Crippen LogP contribution is 2.19. The van der Waals surface area contributed by atoms with Gasteiger partial charge in [-0.15, -0.1) is 0 Å². The Kier molecular flexibility index (Phi) is 4.85. The van der Waals surface area contributed by atoms with Gasteiger partial charge in [0.1, 0.15) is 11.6 Å². The molecule has 0 unspecified atom stereocenters. The number of hydrogen-bond donors (Lipinski definition) is 2. The van der Waals surface area contributed by atoms with E-state index in [0.29, 0.717) is 11.3 Å². The van der Waals surface area contributed by atoms with Gasteiger partial charge in [0.15, 0.2) is 5.78 Å². The van der Waals surface area contributed by atoms with Crippen LogP contribution in [0.3, 0.4) is 0 Å². The first-order valence-electron chi connectivity index (χ1n) is 8.06. The van der Waals surface area contributed by atoms with Crippen LogP contribution in [0.15, 0.2) is 65.5 Å². The first-order chi connectivity index (χ1) is 12.9. The van der Waals surface area contributed by atoms with Gasteiger partial charge in [0, 0.05) is 11.6 Å². The average Bonchev–Trinajstić information content (AvgIpc) is 2.63. The predicted molar refractivity (Wildman–Crippen MR) is 99.2 cm³/mol. The molecule has 1 amide bonds. The molecule has 1 heterocycles. The first kappa shape index (κ1) is 18.1. The molecule has 0 atom stereocenters. The minimum Gasteiger partial charge on any atom is -0.384 e. The van der Waals surface area contributed by atoms with Gasteiger partial charge in [0.2, 0.25) is 5.91 Å². The van der Waals surface area contributed by atoms with Crippen LogP contribution in [-0.2, 0) is 11.2 Å². The number of aromatic nitrogens is 1. The number of nitrogen functional groups attached to an aromatic ring is 1. The van der Waals surface area contributed by atoms with Crippen molar-refractivity contribution in [1.29, 1.82) is 0 Å². The van der Waals surface area contributed by atoms with Crippen LogP contribution in [0.2, 0.25) is 0 Å². The molecule has 1 aromatic heterocycles. The van der Waals surface area contributed by atoms with Crippen LogP contribution in [0.4, 0.5) is 10.2 Å². The lowest BCUT2D eigenvalue weighted by Crippen LogP contribution is -2.23. The van der Waals surface area contributed by atoms with E-state index in [4.69, 9.17) is 11.5 Å². The van der Waals surface area contributed by atoms with E-state index in [0.717, 1.165) is 0 Å². The van der Waals surface area contributed by atoms with Crippen molar-refractivity contribution in [2.75, 3.05) is 5.73 Å². The summed E-state index contributed by atoms with van der Waals surface area (Å²) in [5, 5.41) is 0. The number of benzene rings is 2. The molecule has 0 spiro atoms. The second-order valence-corrected chi connectivity index (χ2v) is 5.95. The number of rotatable bonds is 5. The van der Waals surface area contributed by atoms with E-state index in [2.05, 4.69) is 0 Å². The van der Waals surface area contributed by atoms with E-state index in [9.17, 15) is 18.8 Å².